The number of aromatic hydroxyl groups is 1. The molecular weight excluding hydrogens is 145 g/mol. The molecule has 0 saturated carbocycles. The van der Waals surface area contributed by atoms with Crippen LogP contribution in [0.2, 0.25) is 0 Å². The van der Waals surface area contributed by atoms with Gasteiger partial charge >= 0.3 is 0 Å². The molecule has 0 aliphatic rings. The maximum Gasteiger partial charge on any atom is 0.116 e. The van der Waals surface area contributed by atoms with Gasteiger partial charge in [0, 0.05) is 5.56 Å². The number of rotatable bonds is 1. The van der Waals surface area contributed by atoms with Gasteiger partial charge in [-0.1, -0.05) is 6.07 Å². The highest BCUT2D eigenvalue weighted by atomic mass is 19.1. The Morgan fingerprint density at radius 2 is 2.27 bits per heavy atom. The van der Waals surface area contributed by atoms with Crippen LogP contribution in [0, 0.1) is 11.3 Å². The van der Waals surface area contributed by atoms with Crippen LogP contribution >= 0.6 is 0 Å². The Labute approximate surface area is 63.5 Å². The maximum atomic E-state index is 12.1. The van der Waals surface area contributed by atoms with Crippen molar-refractivity contribution in [2.75, 3.05) is 0 Å². The van der Waals surface area contributed by atoms with E-state index >= 15 is 0 Å². The van der Waals surface area contributed by atoms with Gasteiger partial charge in [0.2, 0.25) is 0 Å². The smallest absolute Gasteiger partial charge is 0.116 e. The van der Waals surface area contributed by atoms with Crippen molar-refractivity contribution in [3.63, 3.8) is 0 Å². The van der Waals surface area contributed by atoms with Gasteiger partial charge in [0.05, 0.1) is 11.6 Å². The van der Waals surface area contributed by atoms with E-state index in [1.165, 1.54) is 18.2 Å². The molecule has 11 heavy (non-hydrogen) atoms. The lowest BCUT2D eigenvalue weighted by Crippen LogP contribution is -1.84. The highest BCUT2D eigenvalue weighted by Crippen LogP contribution is 2.16. The van der Waals surface area contributed by atoms with Crippen LogP contribution in [0.15, 0.2) is 18.2 Å². The Morgan fingerprint density at radius 1 is 1.55 bits per heavy atom. The summed E-state index contributed by atoms with van der Waals surface area (Å²) in [7, 11) is 0. The third-order valence-corrected chi connectivity index (χ3v) is 1.36. The van der Waals surface area contributed by atoms with Gasteiger partial charge in [-0.05, 0) is 12.1 Å². The van der Waals surface area contributed by atoms with Crippen LogP contribution in [-0.4, -0.2) is 5.11 Å². The van der Waals surface area contributed by atoms with E-state index in [1.807, 2.05) is 0 Å². The first-order chi connectivity index (χ1) is 5.27. The molecule has 2 nitrogen and oxygen atoms in total. The summed E-state index contributed by atoms with van der Waals surface area (Å²) >= 11 is 0. The second kappa shape index (κ2) is 3.02. The minimum Gasteiger partial charge on any atom is -0.508 e. The Kier molecular flexibility index (Phi) is 2.07. The van der Waals surface area contributed by atoms with E-state index in [2.05, 4.69) is 0 Å². The summed E-state index contributed by atoms with van der Waals surface area (Å²) < 4.78 is 12.1. The molecule has 0 bridgehead atoms. The summed E-state index contributed by atoms with van der Waals surface area (Å²) in [6, 6.07) is 5.79. The SMILES string of the molecule is N#Cc1cc(O)ccc1CF. The van der Waals surface area contributed by atoms with Crippen molar-refractivity contribution in [2.24, 2.45) is 0 Å². The predicted octanol–water partition coefficient (Wildman–Crippen LogP) is 1.73. The van der Waals surface area contributed by atoms with E-state index in [0.717, 1.165) is 0 Å². The van der Waals surface area contributed by atoms with Crippen molar-refractivity contribution in [3.05, 3.63) is 29.3 Å². The fraction of sp³-hybridized carbons (Fsp3) is 0.125. The summed E-state index contributed by atoms with van der Waals surface area (Å²) in [5.74, 6) is -0.0150. The van der Waals surface area contributed by atoms with Gasteiger partial charge < -0.3 is 5.11 Å². The fourth-order valence-corrected chi connectivity index (χ4v) is 0.785. The van der Waals surface area contributed by atoms with Gasteiger partial charge in [-0.25, -0.2) is 4.39 Å². The predicted molar refractivity (Wildman–Crippen MR) is 37.6 cm³/mol. The molecule has 0 aliphatic heterocycles. The maximum absolute atomic E-state index is 12.1. The van der Waals surface area contributed by atoms with E-state index in [9.17, 15) is 4.39 Å². The minimum absolute atomic E-state index is 0.0150. The second-order valence-electron chi connectivity index (χ2n) is 2.09. The molecule has 3 heteroatoms. The molecule has 0 unspecified atom stereocenters. The molecule has 0 amide bonds. The van der Waals surface area contributed by atoms with Crippen molar-refractivity contribution < 1.29 is 9.50 Å². The lowest BCUT2D eigenvalue weighted by atomic mass is 10.1. The van der Waals surface area contributed by atoms with Crippen molar-refractivity contribution in [3.8, 4) is 11.8 Å². The van der Waals surface area contributed by atoms with Gasteiger partial charge in [0.1, 0.15) is 12.4 Å². The standard InChI is InChI=1S/C8H6FNO/c9-4-6-1-2-8(11)3-7(6)5-10/h1-3,11H,4H2. The van der Waals surface area contributed by atoms with Crippen LogP contribution in [0.5, 0.6) is 5.75 Å². The van der Waals surface area contributed by atoms with Gasteiger partial charge in [-0.3, -0.25) is 0 Å². The van der Waals surface area contributed by atoms with Gasteiger partial charge in [0.15, 0.2) is 0 Å². The van der Waals surface area contributed by atoms with Gasteiger partial charge in [-0.2, -0.15) is 5.26 Å². The number of alkyl halides is 1. The zero-order valence-corrected chi connectivity index (χ0v) is 5.71. The monoisotopic (exact) mass is 151 g/mol. The van der Waals surface area contributed by atoms with Crippen molar-refractivity contribution >= 4 is 0 Å². The number of halogens is 1. The first-order valence-corrected chi connectivity index (χ1v) is 3.06. The molecule has 1 aromatic carbocycles. The third kappa shape index (κ3) is 1.47. The molecule has 0 aromatic heterocycles. The number of nitriles is 1. The Balaban J connectivity index is 3.19. The Morgan fingerprint density at radius 3 is 2.82 bits per heavy atom. The summed E-state index contributed by atoms with van der Waals surface area (Å²) in [5.41, 5.74) is 0.498. The van der Waals surface area contributed by atoms with Crippen LogP contribution in [0.3, 0.4) is 0 Å². The third-order valence-electron chi connectivity index (χ3n) is 1.36. The molecule has 0 spiro atoms. The molecule has 0 radical (unpaired) electrons. The van der Waals surface area contributed by atoms with E-state index in [4.69, 9.17) is 10.4 Å². The number of hydrogen-bond donors (Lipinski definition) is 1. The zero-order valence-electron chi connectivity index (χ0n) is 5.71. The Hall–Kier alpha value is -1.56. The average molecular weight is 151 g/mol. The zero-order chi connectivity index (χ0) is 8.27. The molecule has 1 rings (SSSR count). The van der Waals surface area contributed by atoms with Crippen LogP contribution < -0.4 is 0 Å². The van der Waals surface area contributed by atoms with Crippen LogP contribution in [-0.2, 0) is 6.67 Å². The van der Waals surface area contributed by atoms with Gasteiger partial charge in [-0.15, -0.1) is 0 Å². The lowest BCUT2D eigenvalue weighted by molar-refractivity contribution is 0.469. The van der Waals surface area contributed by atoms with Crippen molar-refractivity contribution in [2.45, 2.75) is 6.67 Å². The van der Waals surface area contributed by atoms with Crippen molar-refractivity contribution in [1.29, 1.82) is 5.26 Å². The second-order valence-corrected chi connectivity index (χ2v) is 2.09. The number of benzene rings is 1. The summed E-state index contributed by atoms with van der Waals surface area (Å²) in [6.45, 7) is -0.677. The number of phenols is 1. The molecule has 0 atom stereocenters. The average Bonchev–Trinajstić information content (AvgIpc) is 2.04. The minimum atomic E-state index is -0.677. The molecule has 0 saturated heterocycles. The highest BCUT2D eigenvalue weighted by molar-refractivity contribution is 5.42. The van der Waals surface area contributed by atoms with E-state index in [1.54, 1.807) is 6.07 Å². The van der Waals surface area contributed by atoms with Gasteiger partial charge in [0.25, 0.3) is 0 Å². The lowest BCUT2D eigenvalue weighted by Gasteiger charge is -1.97. The first kappa shape index (κ1) is 7.55. The van der Waals surface area contributed by atoms with Crippen LogP contribution in [0.1, 0.15) is 11.1 Å². The molecule has 0 heterocycles. The van der Waals surface area contributed by atoms with E-state index < -0.39 is 6.67 Å². The molecular formula is C8H6FNO. The Bertz CT molecular complexity index is 303. The number of nitrogens with zero attached hydrogens (tertiary/aromatic N) is 1. The molecule has 56 valence electrons. The molecule has 0 fully saturated rings. The topological polar surface area (TPSA) is 44.0 Å². The molecule has 0 aliphatic carbocycles. The van der Waals surface area contributed by atoms with Crippen molar-refractivity contribution in [1.82, 2.24) is 0 Å². The van der Waals surface area contributed by atoms with Crippen LogP contribution in [0.25, 0.3) is 0 Å². The summed E-state index contributed by atoms with van der Waals surface area (Å²) in [4.78, 5) is 0. The molecule has 1 N–H and O–H groups in total. The largest absolute Gasteiger partial charge is 0.508 e. The summed E-state index contributed by atoms with van der Waals surface area (Å²) in [5, 5.41) is 17.3. The van der Waals surface area contributed by atoms with Crippen LogP contribution in [0.4, 0.5) is 4.39 Å². The molecule has 1 aromatic rings. The van der Waals surface area contributed by atoms with E-state index in [0.29, 0.717) is 5.56 Å². The quantitative estimate of drug-likeness (QED) is 0.664. The fourth-order valence-electron chi connectivity index (χ4n) is 0.785. The van der Waals surface area contributed by atoms with E-state index in [-0.39, 0.29) is 11.3 Å². The number of phenolic OH excluding ortho intramolecular Hbond substituents is 1. The summed E-state index contributed by atoms with van der Waals surface area (Å²) in [6.07, 6.45) is 0. The first-order valence-electron chi connectivity index (χ1n) is 3.06. The normalized spacial score (nSPS) is 9.09. The highest BCUT2D eigenvalue weighted by Gasteiger charge is 2.01. The number of hydrogen-bond acceptors (Lipinski definition) is 2.